The minimum Gasteiger partial charge on any atom is -0.339 e. The Morgan fingerprint density at radius 1 is 1.26 bits per heavy atom. The molecule has 3 heterocycles. The molecule has 1 amide bonds. The maximum atomic E-state index is 13.1. The van der Waals surface area contributed by atoms with Gasteiger partial charge >= 0.3 is 0 Å². The fraction of sp³-hybridized carbons (Fsp3) is 0.350. The van der Waals surface area contributed by atoms with E-state index in [2.05, 4.69) is 25.4 Å². The molecule has 0 saturated carbocycles. The molecular formula is C20H22N6O4S. The standard InChI is InChI=1S/C20H22N6O4S/c1-14(27)23-16-4-6-17(7-5-16)31(28,29)26-10-2-3-15(13-26)11-19-24-20(25-30-19)18-12-21-8-9-22-18/h4-9,12,15H,2-3,10-11,13H2,1H3,(H,23,27)/t15-/m1/s1. The van der Waals surface area contributed by atoms with Gasteiger partial charge in [-0.1, -0.05) is 5.16 Å². The van der Waals surface area contributed by atoms with Crippen LogP contribution in [0.1, 0.15) is 25.7 Å². The molecule has 0 radical (unpaired) electrons. The lowest BCUT2D eigenvalue weighted by molar-refractivity contribution is -0.114. The van der Waals surface area contributed by atoms with E-state index < -0.39 is 10.0 Å². The summed E-state index contributed by atoms with van der Waals surface area (Å²) >= 11 is 0. The third-order valence-corrected chi connectivity index (χ3v) is 6.90. The third-order valence-electron chi connectivity index (χ3n) is 5.02. The number of anilines is 1. The zero-order valence-corrected chi connectivity index (χ0v) is 17.7. The van der Waals surface area contributed by atoms with Crippen LogP contribution in [0.25, 0.3) is 11.5 Å². The number of nitrogens with zero attached hydrogens (tertiary/aromatic N) is 5. The van der Waals surface area contributed by atoms with Crippen LogP contribution in [0.5, 0.6) is 0 Å². The Balaban J connectivity index is 1.43. The van der Waals surface area contributed by atoms with Gasteiger partial charge in [-0.05, 0) is 43.0 Å². The van der Waals surface area contributed by atoms with Crippen LogP contribution in [-0.4, -0.2) is 51.8 Å². The summed E-state index contributed by atoms with van der Waals surface area (Å²) in [6.07, 6.45) is 6.78. The highest BCUT2D eigenvalue weighted by Gasteiger charge is 2.31. The number of carbonyl (C=O) groups is 1. The largest absolute Gasteiger partial charge is 0.339 e. The number of carbonyl (C=O) groups excluding carboxylic acids is 1. The molecule has 2 aromatic heterocycles. The van der Waals surface area contributed by atoms with E-state index in [0.29, 0.717) is 42.6 Å². The van der Waals surface area contributed by atoms with E-state index in [1.165, 1.54) is 23.4 Å². The minimum absolute atomic E-state index is 0.0670. The Bertz CT molecular complexity index is 1150. The number of hydrogen-bond donors (Lipinski definition) is 1. The smallest absolute Gasteiger partial charge is 0.243 e. The molecule has 3 aromatic rings. The van der Waals surface area contributed by atoms with Crippen molar-refractivity contribution in [2.24, 2.45) is 5.92 Å². The summed E-state index contributed by atoms with van der Waals surface area (Å²) in [7, 11) is -3.63. The molecule has 31 heavy (non-hydrogen) atoms. The summed E-state index contributed by atoms with van der Waals surface area (Å²) in [5.41, 5.74) is 1.08. The first-order valence-corrected chi connectivity index (χ1v) is 11.3. The highest BCUT2D eigenvalue weighted by Crippen LogP contribution is 2.27. The first-order valence-electron chi connectivity index (χ1n) is 9.88. The van der Waals surface area contributed by atoms with Crippen molar-refractivity contribution in [3.63, 3.8) is 0 Å². The number of amides is 1. The zero-order valence-electron chi connectivity index (χ0n) is 16.9. The summed E-state index contributed by atoms with van der Waals surface area (Å²) < 4.78 is 33.0. The molecule has 0 spiro atoms. The van der Waals surface area contributed by atoms with Gasteiger partial charge in [-0.3, -0.25) is 9.78 Å². The van der Waals surface area contributed by atoms with Gasteiger partial charge < -0.3 is 9.84 Å². The van der Waals surface area contributed by atoms with E-state index >= 15 is 0 Å². The molecule has 10 nitrogen and oxygen atoms in total. The van der Waals surface area contributed by atoms with Gasteiger partial charge in [0.1, 0.15) is 5.69 Å². The van der Waals surface area contributed by atoms with E-state index in [4.69, 9.17) is 4.52 Å². The van der Waals surface area contributed by atoms with Crippen molar-refractivity contribution < 1.29 is 17.7 Å². The predicted molar refractivity (Wildman–Crippen MR) is 111 cm³/mol. The van der Waals surface area contributed by atoms with E-state index in [-0.39, 0.29) is 16.7 Å². The lowest BCUT2D eigenvalue weighted by Crippen LogP contribution is -2.40. The average molecular weight is 443 g/mol. The van der Waals surface area contributed by atoms with Crippen molar-refractivity contribution in [2.75, 3.05) is 18.4 Å². The van der Waals surface area contributed by atoms with Gasteiger partial charge in [0.25, 0.3) is 0 Å². The summed E-state index contributed by atoms with van der Waals surface area (Å²) in [6.45, 7) is 2.23. The van der Waals surface area contributed by atoms with Crippen LogP contribution in [0, 0.1) is 5.92 Å². The zero-order chi connectivity index (χ0) is 21.8. The highest BCUT2D eigenvalue weighted by molar-refractivity contribution is 7.89. The first kappa shape index (κ1) is 21.1. The van der Waals surface area contributed by atoms with Crippen LogP contribution in [0.4, 0.5) is 5.69 Å². The number of sulfonamides is 1. The molecule has 0 bridgehead atoms. The molecule has 1 N–H and O–H groups in total. The average Bonchev–Trinajstić information content (AvgIpc) is 3.23. The number of aromatic nitrogens is 4. The molecule has 4 rings (SSSR count). The van der Waals surface area contributed by atoms with Crippen molar-refractivity contribution in [3.8, 4) is 11.5 Å². The molecule has 1 fully saturated rings. The molecule has 0 aliphatic carbocycles. The van der Waals surface area contributed by atoms with Crippen LogP contribution in [0.2, 0.25) is 0 Å². The highest BCUT2D eigenvalue weighted by atomic mass is 32.2. The number of nitrogens with one attached hydrogen (secondary N) is 1. The fourth-order valence-corrected chi connectivity index (χ4v) is 5.13. The van der Waals surface area contributed by atoms with Crippen LogP contribution < -0.4 is 5.32 Å². The van der Waals surface area contributed by atoms with Crippen LogP contribution in [-0.2, 0) is 21.2 Å². The second-order valence-electron chi connectivity index (χ2n) is 7.38. The number of rotatable bonds is 6. The fourth-order valence-electron chi connectivity index (χ4n) is 3.58. The minimum atomic E-state index is -3.63. The maximum absolute atomic E-state index is 13.1. The summed E-state index contributed by atoms with van der Waals surface area (Å²) in [4.78, 5) is 23.9. The maximum Gasteiger partial charge on any atom is 0.243 e. The van der Waals surface area contributed by atoms with Gasteiger partial charge in [-0.25, -0.2) is 13.4 Å². The Labute approximate surface area is 179 Å². The van der Waals surface area contributed by atoms with Gasteiger partial charge in [0, 0.05) is 44.5 Å². The third kappa shape index (κ3) is 4.94. The predicted octanol–water partition coefficient (Wildman–Crippen LogP) is 2.13. The Hall–Kier alpha value is -3.18. The van der Waals surface area contributed by atoms with Gasteiger partial charge in [0.15, 0.2) is 0 Å². The van der Waals surface area contributed by atoms with Gasteiger partial charge in [-0.15, -0.1) is 0 Å². The molecule has 1 aliphatic rings. The Kier molecular flexibility index (Phi) is 6.05. The second-order valence-corrected chi connectivity index (χ2v) is 9.32. The molecule has 1 saturated heterocycles. The summed E-state index contributed by atoms with van der Waals surface area (Å²) in [6, 6.07) is 6.19. The van der Waals surface area contributed by atoms with E-state index in [0.717, 1.165) is 12.8 Å². The number of piperidine rings is 1. The molecule has 11 heteroatoms. The van der Waals surface area contributed by atoms with Crippen LogP contribution in [0.15, 0.2) is 52.3 Å². The molecule has 1 aliphatic heterocycles. The number of benzene rings is 1. The van der Waals surface area contributed by atoms with E-state index in [9.17, 15) is 13.2 Å². The van der Waals surface area contributed by atoms with Crippen molar-refractivity contribution in [2.45, 2.75) is 31.1 Å². The van der Waals surface area contributed by atoms with Gasteiger partial charge in [0.05, 0.1) is 11.1 Å². The number of hydrogen-bond acceptors (Lipinski definition) is 8. The SMILES string of the molecule is CC(=O)Nc1ccc(S(=O)(=O)N2CCC[C@H](Cc3nc(-c4cnccn4)no3)C2)cc1. The monoisotopic (exact) mass is 442 g/mol. The Morgan fingerprint density at radius 3 is 2.77 bits per heavy atom. The van der Waals surface area contributed by atoms with Crippen molar-refractivity contribution in [1.29, 1.82) is 0 Å². The quantitative estimate of drug-likeness (QED) is 0.614. The van der Waals surface area contributed by atoms with E-state index in [1.54, 1.807) is 30.7 Å². The molecule has 0 unspecified atom stereocenters. The summed E-state index contributed by atoms with van der Waals surface area (Å²) in [5.74, 6) is 0.669. The second kappa shape index (κ2) is 8.90. The molecule has 1 atom stereocenters. The molecular weight excluding hydrogens is 420 g/mol. The van der Waals surface area contributed by atoms with Crippen LogP contribution in [0.3, 0.4) is 0 Å². The van der Waals surface area contributed by atoms with Crippen molar-refractivity contribution in [3.05, 3.63) is 48.7 Å². The van der Waals surface area contributed by atoms with Crippen LogP contribution >= 0.6 is 0 Å². The normalized spacial score (nSPS) is 17.4. The van der Waals surface area contributed by atoms with Gasteiger partial charge in [-0.2, -0.15) is 9.29 Å². The van der Waals surface area contributed by atoms with E-state index in [1.807, 2.05) is 0 Å². The molecule has 162 valence electrons. The van der Waals surface area contributed by atoms with Gasteiger partial charge in [0.2, 0.25) is 27.6 Å². The molecule has 1 aromatic carbocycles. The van der Waals surface area contributed by atoms with Crippen molar-refractivity contribution >= 4 is 21.6 Å². The lowest BCUT2D eigenvalue weighted by Gasteiger charge is -2.31. The Morgan fingerprint density at radius 2 is 2.06 bits per heavy atom. The lowest BCUT2D eigenvalue weighted by atomic mass is 9.96. The van der Waals surface area contributed by atoms with Crippen molar-refractivity contribution in [1.82, 2.24) is 24.4 Å². The first-order chi connectivity index (χ1) is 14.9. The summed E-state index contributed by atoms with van der Waals surface area (Å²) in [5, 5.41) is 6.58. The topological polar surface area (TPSA) is 131 Å².